The molecular formula is C25H20O6. The summed E-state index contributed by atoms with van der Waals surface area (Å²) in [5.74, 6) is 1.19. The first-order valence-corrected chi connectivity index (χ1v) is 9.75. The lowest BCUT2D eigenvalue weighted by Crippen LogP contribution is -2.10. The van der Waals surface area contributed by atoms with Gasteiger partial charge in [0.15, 0.2) is 5.76 Å². The summed E-state index contributed by atoms with van der Waals surface area (Å²) >= 11 is 0. The van der Waals surface area contributed by atoms with E-state index in [9.17, 15) is 9.59 Å². The Morgan fingerprint density at radius 3 is 2.48 bits per heavy atom. The summed E-state index contributed by atoms with van der Waals surface area (Å²) in [6.45, 7) is 2.50. The Balaban J connectivity index is 1.52. The fourth-order valence-electron chi connectivity index (χ4n) is 3.18. The molecule has 1 heterocycles. The quantitative estimate of drug-likeness (QED) is 0.322. The second kappa shape index (κ2) is 8.75. The van der Waals surface area contributed by atoms with Gasteiger partial charge >= 0.3 is 5.97 Å². The second-order valence-electron chi connectivity index (χ2n) is 6.69. The van der Waals surface area contributed by atoms with E-state index in [-0.39, 0.29) is 17.3 Å². The largest absolute Gasteiger partial charge is 0.496 e. The summed E-state index contributed by atoms with van der Waals surface area (Å²) in [5.41, 5.74) is 1.52. The molecule has 6 nitrogen and oxygen atoms in total. The minimum Gasteiger partial charge on any atom is -0.496 e. The Morgan fingerprint density at radius 2 is 1.74 bits per heavy atom. The predicted molar refractivity (Wildman–Crippen MR) is 115 cm³/mol. The number of esters is 1. The van der Waals surface area contributed by atoms with Crippen LogP contribution in [0.5, 0.6) is 23.0 Å². The van der Waals surface area contributed by atoms with E-state index >= 15 is 0 Å². The van der Waals surface area contributed by atoms with Crippen LogP contribution in [0.2, 0.25) is 0 Å². The molecule has 3 aromatic rings. The molecule has 0 saturated heterocycles. The van der Waals surface area contributed by atoms with Crippen molar-refractivity contribution in [1.29, 1.82) is 0 Å². The fraction of sp³-hybridized carbons (Fsp3) is 0.120. The number of benzene rings is 3. The van der Waals surface area contributed by atoms with E-state index in [2.05, 4.69) is 0 Å². The van der Waals surface area contributed by atoms with Gasteiger partial charge in [0.05, 0.1) is 19.3 Å². The van der Waals surface area contributed by atoms with Gasteiger partial charge in [-0.15, -0.1) is 0 Å². The number of methoxy groups -OCH3 is 1. The van der Waals surface area contributed by atoms with Crippen molar-refractivity contribution in [1.82, 2.24) is 0 Å². The van der Waals surface area contributed by atoms with E-state index in [1.165, 1.54) is 13.2 Å². The van der Waals surface area contributed by atoms with Gasteiger partial charge in [0.1, 0.15) is 28.6 Å². The Labute approximate surface area is 179 Å². The smallest absolute Gasteiger partial charge is 0.347 e. The van der Waals surface area contributed by atoms with Crippen molar-refractivity contribution < 1.29 is 28.5 Å². The van der Waals surface area contributed by atoms with Crippen LogP contribution in [0.1, 0.15) is 33.2 Å². The lowest BCUT2D eigenvalue weighted by atomic mass is 10.1. The number of rotatable bonds is 6. The first-order valence-electron chi connectivity index (χ1n) is 9.75. The summed E-state index contributed by atoms with van der Waals surface area (Å²) in [6.07, 6.45) is 1.67. The van der Waals surface area contributed by atoms with Crippen LogP contribution in [0.15, 0.2) is 72.5 Å². The molecule has 0 aromatic heterocycles. The van der Waals surface area contributed by atoms with Crippen LogP contribution < -0.4 is 18.9 Å². The molecule has 0 bridgehead atoms. The standard InChI is InChI=1S/C25H20O6/c1-3-29-17-10-8-16(9-11-17)14-23-24(26)19-13-12-18(15-22(19)31-23)30-25(27)20-6-4-5-7-21(20)28-2/h4-15H,3H2,1-2H3. The van der Waals surface area contributed by atoms with Crippen molar-refractivity contribution in [3.05, 3.63) is 89.2 Å². The van der Waals surface area contributed by atoms with Crippen LogP contribution in [0, 0.1) is 0 Å². The number of allylic oxidation sites excluding steroid dienone is 1. The number of fused-ring (bicyclic) bond motifs is 1. The molecule has 6 heteroatoms. The van der Waals surface area contributed by atoms with Gasteiger partial charge in [-0.3, -0.25) is 4.79 Å². The Morgan fingerprint density at radius 1 is 1.00 bits per heavy atom. The topological polar surface area (TPSA) is 71.1 Å². The van der Waals surface area contributed by atoms with Crippen LogP contribution in [-0.4, -0.2) is 25.5 Å². The Kier molecular flexibility index (Phi) is 5.71. The van der Waals surface area contributed by atoms with E-state index < -0.39 is 5.97 Å². The van der Waals surface area contributed by atoms with E-state index in [0.29, 0.717) is 29.2 Å². The third kappa shape index (κ3) is 4.28. The van der Waals surface area contributed by atoms with E-state index in [1.54, 1.807) is 42.5 Å². The SMILES string of the molecule is CCOc1ccc(C=C2Oc3cc(OC(=O)c4ccccc4OC)ccc3C2=O)cc1. The highest BCUT2D eigenvalue weighted by Crippen LogP contribution is 2.35. The Hall–Kier alpha value is -4.06. The van der Waals surface area contributed by atoms with Crippen molar-refractivity contribution in [3.8, 4) is 23.0 Å². The second-order valence-corrected chi connectivity index (χ2v) is 6.69. The predicted octanol–water partition coefficient (Wildman–Crippen LogP) is 4.93. The average Bonchev–Trinajstić information content (AvgIpc) is 3.09. The van der Waals surface area contributed by atoms with Crippen molar-refractivity contribution in [3.63, 3.8) is 0 Å². The van der Waals surface area contributed by atoms with E-state index in [1.807, 2.05) is 31.2 Å². The number of ether oxygens (including phenoxy) is 4. The highest BCUT2D eigenvalue weighted by molar-refractivity contribution is 6.14. The average molecular weight is 416 g/mol. The number of carbonyl (C=O) groups excluding carboxylic acids is 2. The number of hydrogen-bond acceptors (Lipinski definition) is 6. The Bertz CT molecular complexity index is 1160. The first-order chi connectivity index (χ1) is 15.1. The minimum atomic E-state index is -0.563. The molecule has 156 valence electrons. The lowest BCUT2D eigenvalue weighted by molar-refractivity contribution is 0.0731. The van der Waals surface area contributed by atoms with Crippen LogP contribution >= 0.6 is 0 Å². The number of Topliss-reactive ketones (excluding diaryl/α,β-unsaturated/α-hetero) is 1. The molecule has 4 rings (SSSR count). The maximum Gasteiger partial charge on any atom is 0.347 e. The van der Waals surface area contributed by atoms with Crippen LogP contribution in [0.25, 0.3) is 6.08 Å². The number of hydrogen-bond donors (Lipinski definition) is 0. The molecule has 0 amide bonds. The molecule has 0 unspecified atom stereocenters. The van der Waals surface area contributed by atoms with Crippen LogP contribution in [-0.2, 0) is 0 Å². The third-order valence-electron chi connectivity index (χ3n) is 4.67. The normalized spacial score (nSPS) is 13.5. The molecule has 0 saturated carbocycles. The maximum atomic E-state index is 12.7. The summed E-state index contributed by atoms with van der Waals surface area (Å²) < 4.78 is 21.8. The van der Waals surface area contributed by atoms with Gasteiger partial charge in [-0.25, -0.2) is 4.79 Å². The summed E-state index contributed by atoms with van der Waals surface area (Å²) in [5, 5.41) is 0. The van der Waals surface area contributed by atoms with Crippen LogP contribution in [0.4, 0.5) is 0 Å². The van der Waals surface area contributed by atoms with Gasteiger partial charge in [-0.05, 0) is 55.0 Å². The van der Waals surface area contributed by atoms with E-state index in [0.717, 1.165) is 11.3 Å². The highest BCUT2D eigenvalue weighted by atomic mass is 16.5. The summed E-state index contributed by atoms with van der Waals surface area (Å²) in [6, 6.07) is 18.8. The molecule has 1 aliphatic heterocycles. The van der Waals surface area contributed by atoms with Gasteiger partial charge in [-0.1, -0.05) is 24.3 Å². The molecule has 0 N–H and O–H groups in total. The summed E-state index contributed by atoms with van der Waals surface area (Å²) in [7, 11) is 1.49. The molecule has 3 aromatic carbocycles. The molecule has 0 aliphatic carbocycles. The van der Waals surface area contributed by atoms with Gasteiger partial charge in [0, 0.05) is 6.07 Å². The zero-order chi connectivity index (χ0) is 21.8. The number of carbonyl (C=O) groups is 2. The van der Waals surface area contributed by atoms with E-state index in [4.69, 9.17) is 18.9 Å². The van der Waals surface area contributed by atoms with Gasteiger partial charge in [0.25, 0.3) is 0 Å². The van der Waals surface area contributed by atoms with Gasteiger partial charge in [0.2, 0.25) is 5.78 Å². The highest BCUT2D eigenvalue weighted by Gasteiger charge is 2.28. The van der Waals surface area contributed by atoms with Gasteiger partial charge in [-0.2, -0.15) is 0 Å². The molecule has 0 radical (unpaired) electrons. The maximum absolute atomic E-state index is 12.7. The van der Waals surface area contributed by atoms with Gasteiger partial charge < -0.3 is 18.9 Å². The zero-order valence-corrected chi connectivity index (χ0v) is 17.1. The van der Waals surface area contributed by atoms with Crippen molar-refractivity contribution in [2.45, 2.75) is 6.92 Å². The number of ketones is 1. The monoisotopic (exact) mass is 416 g/mol. The van der Waals surface area contributed by atoms with Crippen LogP contribution in [0.3, 0.4) is 0 Å². The molecule has 0 fully saturated rings. The lowest BCUT2D eigenvalue weighted by Gasteiger charge is -2.08. The van der Waals surface area contributed by atoms with Crippen molar-refractivity contribution in [2.24, 2.45) is 0 Å². The number of para-hydroxylation sites is 1. The van der Waals surface area contributed by atoms with Crippen molar-refractivity contribution in [2.75, 3.05) is 13.7 Å². The minimum absolute atomic E-state index is 0.201. The summed E-state index contributed by atoms with van der Waals surface area (Å²) in [4.78, 5) is 25.2. The first kappa shape index (κ1) is 20.2. The fourth-order valence-corrected chi connectivity index (χ4v) is 3.18. The molecule has 0 spiro atoms. The zero-order valence-electron chi connectivity index (χ0n) is 17.1. The third-order valence-corrected chi connectivity index (χ3v) is 4.67. The molecule has 1 aliphatic rings. The molecular weight excluding hydrogens is 396 g/mol. The van der Waals surface area contributed by atoms with Crippen molar-refractivity contribution >= 4 is 17.8 Å². The molecule has 0 atom stereocenters. The molecule has 31 heavy (non-hydrogen) atoms.